The molecule has 104 valence electrons. The molecular formula is C15H21NO2S. The zero-order valence-corrected chi connectivity index (χ0v) is 12.5. The summed E-state index contributed by atoms with van der Waals surface area (Å²) in [5.41, 5.74) is 1.16. The second-order valence-electron chi connectivity index (χ2n) is 5.68. The molecule has 2 aliphatic rings. The molecular weight excluding hydrogens is 258 g/mol. The Hall–Kier alpha value is -0.870. The summed E-state index contributed by atoms with van der Waals surface area (Å²) < 4.78 is 17.8. The van der Waals surface area contributed by atoms with Gasteiger partial charge in [0.2, 0.25) is 0 Å². The van der Waals surface area contributed by atoms with Gasteiger partial charge in [0.05, 0.1) is 17.9 Å². The van der Waals surface area contributed by atoms with Gasteiger partial charge >= 0.3 is 0 Å². The van der Waals surface area contributed by atoms with E-state index >= 15 is 0 Å². The van der Waals surface area contributed by atoms with E-state index in [0.29, 0.717) is 18.0 Å². The van der Waals surface area contributed by atoms with Gasteiger partial charge in [-0.15, -0.1) is 0 Å². The minimum atomic E-state index is -0.911. The van der Waals surface area contributed by atoms with Crippen molar-refractivity contribution in [2.24, 2.45) is 5.92 Å². The number of hydrogen-bond donors (Lipinski definition) is 1. The molecule has 4 heteroatoms. The summed E-state index contributed by atoms with van der Waals surface area (Å²) in [6.45, 7) is 4.29. The maximum Gasteiger partial charge on any atom is 0.119 e. The number of nitrogens with one attached hydrogen (secondary N) is 1. The molecule has 0 bridgehead atoms. The van der Waals surface area contributed by atoms with Crippen molar-refractivity contribution in [3.8, 4) is 5.75 Å². The van der Waals surface area contributed by atoms with Gasteiger partial charge in [0.25, 0.3) is 0 Å². The highest BCUT2D eigenvalue weighted by Crippen LogP contribution is 2.41. The van der Waals surface area contributed by atoms with Gasteiger partial charge in [0, 0.05) is 22.2 Å². The van der Waals surface area contributed by atoms with Crippen molar-refractivity contribution in [1.29, 1.82) is 0 Å². The van der Waals surface area contributed by atoms with E-state index < -0.39 is 10.8 Å². The Morgan fingerprint density at radius 3 is 2.68 bits per heavy atom. The third-order valence-corrected chi connectivity index (χ3v) is 6.28. The van der Waals surface area contributed by atoms with Gasteiger partial charge in [-0.1, -0.05) is 13.8 Å². The Bertz CT molecular complexity index is 513. The molecule has 0 spiro atoms. The van der Waals surface area contributed by atoms with Crippen LogP contribution in [0.4, 0.5) is 0 Å². The van der Waals surface area contributed by atoms with Crippen molar-refractivity contribution in [3.63, 3.8) is 0 Å². The average molecular weight is 279 g/mol. The number of fused-ring (bicyclic) bond motifs is 1. The van der Waals surface area contributed by atoms with Gasteiger partial charge in [0.1, 0.15) is 5.75 Å². The molecule has 1 aliphatic carbocycles. The zero-order valence-electron chi connectivity index (χ0n) is 11.7. The molecule has 3 rings (SSSR count). The highest BCUT2D eigenvalue weighted by Gasteiger charge is 2.39. The fourth-order valence-electron chi connectivity index (χ4n) is 2.77. The van der Waals surface area contributed by atoms with Gasteiger partial charge in [-0.3, -0.25) is 4.21 Å². The summed E-state index contributed by atoms with van der Waals surface area (Å²) in [6, 6.07) is 6.87. The molecule has 1 aromatic rings. The lowest BCUT2D eigenvalue weighted by molar-refractivity contribution is 0.359. The van der Waals surface area contributed by atoms with Crippen molar-refractivity contribution in [2.45, 2.75) is 48.9 Å². The molecule has 3 nitrogen and oxygen atoms in total. The van der Waals surface area contributed by atoms with Crippen molar-refractivity contribution < 1.29 is 8.95 Å². The average Bonchev–Trinajstić information content (AvgIpc) is 3.24. The van der Waals surface area contributed by atoms with Crippen molar-refractivity contribution >= 4 is 10.8 Å². The highest BCUT2D eigenvalue weighted by atomic mass is 32.2. The monoisotopic (exact) mass is 279 g/mol. The van der Waals surface area contributed by atoms with Crippen LogP contribution in [0.25, 0.3) is 0 Å². The summed E-state index contributed by atoms with van der Waals surface area (Å²) in [6.07, 6.45) is 2.53. The van der Waals surface area contributed by atoms with Crippen LogP contribution in [0.2, 0.25) is 0 Å². The summed E-state index contributed by atoms with van der Waals surface area (Å²) >= 11 is 0. The van der Waals surface area contributed by atoms with Crippen LogP contribution < -0.4 is 10.1 Å². The Morgan fingerprint density at radius 2 is 2.05 bits per heavy atom. The molecule has 1 heterocycles. The van der Waals surface area contributed by atoms with Crippen LogP contribution in [0.5, 0.6) is 5.75 Å². The fraction of sp³-hybridized carbons (Fsp3) is 0.600. The summed E-state index contributed by atoms with van der Waals surface area (Å²) in [7, 11) is 0.767. The molecule has 19 heavy (non-hydrogen) atoms. The minimum Gasteiger partial charge on any atom is -0.497 e. The number of benzene rings is 1. The first-order chi connectivity index (χ1) is 9.11. The molecule has 1 aromatic carbocycles. The lowest BCUT2D eigenvalue weighted by Crippen LogP contribution is -2.40. The molecule has 0 aromatic heterocycles. The van der Waals surface area contributed by atoms with Crippen LogP contribution in [0.1, 0.15) is 38.3 Å². The van der Waals surface area contributed by atoms with E-state index in [-0.39, 0.29) is 5.25 Å². The molecule has 0 saturated heterocycles. The molecule has 4 atom stereocenters. The normalized spacial score (nSPS) is 33.8. The van der Waals surface area contributed by atoms with Crippen LogP contribution in [-0.2, 0) is 10.8 Å². The van der Waals surface area contributed by atoms with E-state index in [2.05, 4.69) is 25.2 Å². The van der Waals surface area contributed by atoms with E-state index in [4.69, 9.17) is 4.74 Å². The summed E-state index contributed by atoms with van der Waals surface area (Å²) in [5, 5.41) is 3.90. The maximum atomic E-state index is 12.5. The van der Waals surface area contributed by atoms with E-state index in [0.717, 1.165) is 16.2 Å². The minimum absolute atomic E-state index is 0.192. The fourth-order valence-corrected chi connectivity index (χ4v) is 4.34. The third-order valence-electron chi connectivity index (χ3n) is 4.37. The summed E-state index contributed by atoms with van der Waals surface area (Å²) in [4.78, 5) is 0.976. The second kappa shape index (κ2) is 4.91. The first kappa shape index (κ1) is 13.1. The summed E-state index contributed by atoms with van der Waals surface area (Å²) in [5.74, 6) is 1.22. The molecule has 4 unspecified atom stereocenters. The first-order valence-electron chi connectivity index (χ1n) is 6.96. The van der Waals surface area contributed by atoms with Crippen LogP contribution in [0.3, 0.4) is 0 Å². The molecule has 1 N–H and O–H groups in total. The lowest BCUT2D eigenvalue weighted by atomic mass is 9.91. The molecule has 0 amide bonds. The topological polar surface area (TPSA) is 38.3 Å². The third kappa shape index (κ3) is 2.32. The van der Waals surface area contributed by atoms with Crippen LogP contribution in [0, 0.1) is 5.92 Å². The van der Waals surface area contributed by atoms with E-state index in [1.807, 2.05) is 12.1 Å². The maximum absolute atomic E-state index is 12.5. The van der Waals surface area contributed by atoms with Gasteiger partial charge in [-0.25, -0.2) is 0 Å². The van der Waals surface area contributed by atoms with Gasteiger partial charge in [-0.05, 0) is 42.5 Å². The molecule has 1 fully saturated rings. The van der Waals surface area contributed by atoms with Gasteiger partial charge < -0.3 is 10.1 Å². The second-order valence-corrected chi connectivity index (χ2v) is 7.46. The van der Waals surface area contributed by atoms with Gasteiger partial charge in [0.15, 0.2) is 0 Å². The number of methoxy groups -OCH3 is 1. The highest BCUT2D eigenvalue weighted by molar-refractivity contribution is 7.85. The Kier molecular flexibility index (Phi) is 3.39. The standard InChI is InChI=1S/C15H21NO2S/c1-9-10(2)19(17)14-7-6-12(18-3)8-13(14)15(9)16-11-4-5-11/h6-11,15-16H,4-5H2,1-3H3. The number of hydrogen-bond acceptors (Lipinski definition) is 3. The van der Waals surface area contributed by atoms with Crippen LogP contribution in [0.15, 0.2) is 23.1 Å². The lowest BCUT2D eigenvalue weighted by Gasteiger charge is -2.36. The molecule has 0 radical (unpaired) electrons. The Labute approximate surface area is 117 Å². The van der Waals surface area contributed by atoms with E-state index in [9.17, 15) is 4.21 Å². The SMILES string of the molecule is COc1ccc2c(c1)C(NC1CC1)C(C)C(C)S2=O. The quantitative estimate of drug-likeness (QED) is 0.924. The zero-order chi connectivity index (χ0) is 13.6. The van der Waals surface area contributed by atoms with Crippen LogP contribution in [-0.4, -0.2) is 22.6 Å². The molecule has 1 saturated carbocycles. The Morgan fingerprint density at radius 1 is 1.32 bits per heavy atom. The van der Waals surface area contributed by atoms with E-state index in [1.54, 1.807) is 7.11 Å². The predicted octanol–water partition coefficient (Wildman–Crippen LogP) is 2.63. The van der Waals surface area contributed by atoms with E-state index in [1.165, 1.54) is 12.8 Å². The van der Waals surface area contributed by atoms with Crippen molar-refractivity contribution in [1.82, 2.24) is 5.32 Å². The predicted molar refractivity (Wildman–Crippen MR) is 76.9 cm³/mol. The van der Waals surface area contributed by atoms with Gasteiger partial charge in [-0.2, -0.15) is 0 Å². The van der Waals surface area contributed by atoms with Crippen molar-refractivity contribution in [3.05, 3.63) is 23.8 Å². The number of rotatable bonds is 3. The number of ether oxygens (including phenoxy) is 1. The van der Waals surface area contributed by atoms with Crippen LogP contribution >= 0.6 is 0 Å². The first-order valence-corrected chi connectivity index (χ1v) is 8.17. The van der Waals surface area contributed by atoms with Crippen molar-refractivity contribution in [2.75, 3.05) is 7.11 Å². The largest absolute Gasteiger partial charge is 0.497 e. The Balaban J connectivity index is 2.03. The molecule has 1 aliphatic heterocycles. The smallest absolute Gasteiger partial charge is 0.119 e.